The number of nitrogens with zero attached hydrogens (tertiary/aromatic N) is 3. The number of carbonyl (C=O) groups excluding carboxylic acids is 1. The summed E-state index contributed by atoms with van der Waals surface area (Å²) < 4.78 is 5.87. The van der Waals surface area contributed by atoms with Crippen molar-refractivity contribution in [2.24, 2.45) is 5.41 Å². The summed E-state index contributed by atoms with van der Waals surface area (Å²) in [6, 6.07) is 5.79. The third-order valence-corrected chi connectivity index (χ3v) is 4.78. The first-order chi connectivity index (χ1) is 11.8. The van der Waals surface area contributed by atoms with Crippen LogP contribution < -0.4 is 5.32 Å². The summed E-state index contributed by atoms with van der Waals surface area (Å²) in [5.74, 6) is 0.878. The second-order valence-electron chi connectivity index (χ2n) is 7.21. The lowest BCUT2D eigenvalue weighted by Gasteiger charge is -2.36. The number of amides is 1. The molecule has 0 saturated carbocycles. The van der Waals surface area contributed by atoms with E-state index in [-0.39, 0.29) is 17.4 Å². The van der Waals surface area contributed by atoms with Crippen LogP contribution in [0.5, 0.6) is 0 Å². The highest BCUT2D eigenvalue weighted by molar-refractivity contribution is 7.15. The Morgan fingerprint density at radius 2 is 2.20 bits per heavy atom. The van der Waals surface area contributed by atoms with Crippen molar-refractivity contribution in [3.05, 3.63) is 35.0 Å². The molecule has 0 aliphatic carbocycles. The van der Waals surface area contributed by atoms with Crippen molar-refractivity contribution >= 4 is 28.2 Å². The van der Waals surface area contributed by atoms with Crippen molar-refractivity contribution in [1.82, 2.24) is 14.9 Å². The van der Waals surface area contributed by atoms with E-state index in [2.05, 4.69) is 15.3 Å². The van der Waals surface area contributed by atoms with Gasteiger partial charge in [0.2, 0.25) is 5.91 Å². The number of rotatable bonds is 3. The van der Waals surface area contributed by atoms with Crippen molar-refractivity contribution in [1.29, 1.82) is 0 Å². The molecule has 6 nitrogen and oxygen atoms in total. The van der Waals surface area contributed by atoms with Gasteiger partial charge in [-0.1, -0.05) is 26.8 Å². The predicted molar refractivity (Wildman–Crippen MR) is 99.1 cm³/mol. The summed E-state index contributed by atoms with van der Waals surface area (Å²) in [6.07, 6.45) is 1.62. The SMILES string of the molecule is Cc1cnc(Nc2cccc(C3CN(C(=O)C(C)(C)C)CCO3)n2)s1. The molecule has 1 saturated heterocycles. The van der Waals surface area contributed by atoms with Crippen molar-refractivity contribution in [2.75, 3.05) is 25.0 Å². The minimum absolute atomic E-state index is 0.147. The summed E-state index contributed by atoms with van der Waals surface area (Å²) in [7, 11) is 0. The number of aromatic nitrogens is 2. The molecular formula is C18H24N4O2S. The fourth-order valence-electron chi connectivity index (χ4n) is 2.71. The van der Waals surface area contributed by atoms with Crippen LogP contribution in [-0.2, 0) is 9.53 Å². The van der Waals surface area contributed by atoms with Crippen molar-refractivity contribution in [3.8, 4) is 0 Å². The van der Waals surface area contributed by atoms with E-state index in [1.54, 1.807) is 11.3 Å². The largest absolute Gasteiger partial charge is 0.368 e. The molecule has 0 spiro atoms. The fraction of sp³-hybridized carbons (Fsp3) is 0.500. The molecule has 3 rings (SSSR count). The smallest absolute Gasteiger partial charge is 0.228 e. The third kappa shape index (κ3) is 4.35. The van der Waals surface area contributed by atoms with Gasteiger partial charge >= 0.3 is 0 Å². The lowest BCUT2D eigenvalue weighted by atomic mass is 9.94. The molecular weight excluding hydrogens is 336 g/mol. The quantitative estimate of drug-likeness (QED) is 0.907. The minimum Gasteiger partial charge on any atom is -0.368 e. The van der Waals surface area contributed by atoms with E-state index in [9.17, 15) is 4.79 Å². The third-order valence-electron chi connectivity index (χ3n) is 3.95. The van der Waals surface area contributed by atoms with Crippen LogP contribution in [0.1, 0.15) is 37.4 Å². The Morgan fingerprint density at radius 3 is 2.88 bits per heavy atom. The molecule has 1 fully saturated rings. The van der Waals surface area contributed by atoms with Gasteiger partial charge in [-0.2, -0.15) is 0 Å². The van der Waals surface area contributed by atoms with Crippen LogP contribution >= 0.6 is 11.3 Å². The average Bonchev–Trinajstić information content (AvgIpc) is 2.98. The Labute approximate surface area is 152 Å². The molecule has 2 aromatic heterocycles. The fourth-order valence-corrected chi connectivity index (χ4v) is 3.38. The summed E-state index contributed by atoms with van der Waals surface area (Å²) in [6.45, 7) is 9.53. The van der Waals surface area contributed by atoms with Gasteiger partial charge in [0.05, 0.1) is 18.8 Å². The normalized spacial score (nSPS) is 18.2. The molecule has 1 aliphatic heterocycles. The molecule has 1 aliphatic rings. The van der Waals surface area contributed by atoms with Gasteiger partial charge in [0.1, 0.15) is 11.9 Å². The average molecular weight is 360 g/mol. The Hall–Kier alpha value is -1.99. The lowest BCUT2D eigenvalue weighted by Crippen LogP contribution is -2.47. The summed E-state index contributed by atoms with van der Waals surface area (Å²) in [5.41, 5.74) is 0.436. The highest BCUT2D eigenvalue weighted by Crippen LogP contribution is 2.27. The van der Waals surface area contributed by atoms with Crippen LogP contribution in [0.2, 0.25) is 0 Å². The zero-order chi connectivity index (χ0) is 18.0. The van der Waals surface area contributed by atoms with Gasteiger partial charge in [-0.15, -0.1) is 11.3 Å². The van der Waals surface area contributed by atoms with Gasteiger partial charge in [0.15, 0.2) is 5.13 Å². The first-order valence-corrected chi connectivity index (χ1v) is 9.22. The molecule has 0 bridgehead atoms. The summed E-state index contributed by atoms with van der Waals surface area (Å²) in [5, 5.41) is 4.04. The van der Waals surface area contributed by atoms with E-state index in [0.29, 0.717) is 19.7 Å². The lowest BCUT2D eigenvalue weighted by molar-refractivity contribution is -0.147. The number of ether oxygens (including phenoxy) is 1. The molecule has 1 atom stereocenters. The Balaban J connectivity index is 1.73. The Bertz CT molecular complexity index is 754. The number of nitrogens with one attached hydrogen (secondary N) is 1. The summed E-state index contributed by atoms with van der Waals surface area (Å²) in [4.78, 5) is 24.5. The van der Waals surface area contributed by atoms with E-state index in [1.807, 2.05) is 57.0 Å². The molecule has 1 unspecified atom stereocenters. The monoisotopic (exact) mass is 360 g/mol. The maximum Gasteiger partial charge on any atom is 0.228 e. The second-order valence-corrected chi connectivity index (χ2v) is 8.44. The van der Waals surface area contributed by atoms with Crippen LogP contribution in [0.4, 0.5) is 10.9 Å². The molecule has 25 heavy (non-hydrogen) atoms. The molecule has 0 aromatic carbocycles. The molecule has 2 aromatic rings. The maximum absolute atomic E-state index is 12.5. The zero-order valence-electron chi connectivity index (χ0n) is 15.1. The van der Waals surface area contributed by atoms with Crippen LogP contribution in [0, 0.1) is 12.3 Å². The maximum atomic E-state index is 12.5. The first-order valence-electron chi connectivity index (χ1n) is 8.40. The first kappa shape index (κ1) is 17.8. The molecule has 3 heterocycles. The number of anilines is 2. The number of aryl methyl sites for hydroxylation is 1. The highest BCUT2D eigenvalue weighted by atomic mass is 32.1. The standard InChI is InChI=1S/C18H24N4O2S/c1-12-10-19-17(25-12)21-15-7-5-6-13(20-15)14-11-22(8-9-24-14)16(23)18(2,3)4/h5-7,10,14H,8-9,11H2,1-4H3,(H,19,20,21). The van der Waals surface area contributed by atoms with Gasteiger partial charge in [0, 0.05) is 23.0 Å². The van der Waals surface area contributed by atoms with E-state index < -0.39 is 0 Å². The van der Waals surface area contributed by atoms with Gasteiger partial charge in [-0.25, -0.2) is 9.97 Å². The second kappa shape index (κ2) is 7.09. The van der Waals surface area contributed by atoms with E-state index in [4.69, 9.17) is 4.74 Å². The van der Waals surface area contributed by atoms with Gasteiger partial charge in [-0.3, -0.25) is 4.79 Å². The number of pyridine rings is 1. The van der Waals surface area contributed by atoms with E-state index >= 15 is 0 Å². The van der Waals surface area contributed by atoms with Gasteiger partial charge in [-0.05, 0) is 19.1 Å². The van der Waals surface area contributed by atoms with Gasteiger partial charge in [0.25, 0.3) is 0 Å². The number of hydrogen-bond donors (Lipinski definition) is 1. The number of hydrogen-bond acceptors (Lipinski definition) is 6. The highest BCUT2D eigenvalue weighted by Gasteiger charge is 2.32. The molecule has 134 valence electrons. The minimum atomic E-state index is -0.387. The van der Waals surface area contributed by atoms with Crippen LogP contribution in [0.3, 0.4) is 0 Å². The zero-order valence-corrected chi connectivity index (χ0v) is 15.9. The van der Waals surface area contributed by atoms with Crippen LogP contribution in [0.25, 0.3) is 0 Å². The van der Waals surface area contributed by atoms with Crippen LogP contribution in [0.15, 0.2) is 24.4 Å². The topological polar surface area (TPSA) is 67.4 Å². The molecule has 1 N–H and O–H groups in total. The number of morpholine rings is 1. The van der Waals surface area contributed by atoms with Crippen molar-refractivity contribution in [3.63, 3.8) is 0 Å². The molecule has 1 amide bonds. The van der Waals surface area contributed by atoms with Crippen LogP contribution in [-0.4, -0.2) is 40.5 Å². The van der Waals surface area contributed by atoms with E-state index in [1.165, 1.54) is 0 Å². The Morgan fingerprint density at radius 1 is 1.40 bits per heavy atom. The number of carbonyl (C=O) groups is 1. The van der Waals surface area contributed by atoms with Crippen molar-refractivity contribution in [2.45, 2.75) is 33.8 Å². The van der Waals surface area contributed by atoms with E-state index in [0.717, 1.165) is 21.5 Å². The van der Waals surface area contributed by atoms with Crippen molar-refractivity contribution < 1.29 is 9.53 Å². The Kier molecular flexibility index (Phi) is 5.06. The molecule has 7 heteroatoms. The number of thiazole rings is 1. The summed E-state index contributed by atoms with van der Waals surface area (Å²) >= 11 is 1.58. The van der Waals surface area contributed by atoms with Gasteiger partial charge < -0.3 is 15.0 Å². The molecule has 0 radical (unpaired) electrons. The predicted octanol–water partition coefficient (Wildman–Crippen LogP) is 3.54.